The summed E-state index contributed by atoms with van der Waals surface area (Å²) in [5.74, 6) is 0.856. The molecule has 0 saturated carbocycles. The summed E-state index contributed by atoms with van der Waals surface area (Å²) in [7, 11) is 0. The molecule has 1 aliphatic rings. The van der Waals surface area contributed by atoms with E-state index in [1.807, 2.05) is 33.8 Å². The summed E-state index contributed by atoms with van der Waals surface area (Å²) < 4.78 is 5.53. The maximum absolute atomic E-state index is 12.7. The second-order valence-electron chi connectivity index (χ2n) is 11.1. The minimum Gasteiger partial charge on any atom is -0.444 e. The normalized spacial score (nSPS) is 13.4. The van der Waals surface area contributed by atoms with Crippen LogP contribution in [0.4, 0.5) is 28.1 Å². The third-order valence-electron chi connectivity index (χ3n) is 6.03. The van der Waals surface area contributed by atoms with E-state index in [9.17, 15) is 14.7 Å². The topological polar surface area (TPSA) is 159 Å². The zero-order chi connectivity index (χ0) is 29.1. The highest BCUT2D eigenvalue weighted by Crippen LogP contribution is 2.24. The van der Waals surface area contributed by atoms with Crippen LogP contribution in [0.1, 0.15) is 68.9 Å². The largest absolute Gasteiger partial charge is 0.444 e. The Kier molecular flexibility index (Phi) is 8.31. The predicted molar refractivity (Wildman–Crippen MR) is 149 cm³/mol. The van der Waals surface area contributed by atoms with Gasteiger partial charge in [-0.2, -0.15) is 9.97 Å². The summed E-state index contributed by atoms with van der Waals surface area (Å²) in [6.45, 7) is 12.0. The van der Waals surface area contributed by atoms with E-state index in [-0.39, 0.29) is 17.9 Å². The molecular formula is C28H37N8O4+. The van der Waals surface area contributed by atoms with Crippen molar-refractivity contribution >= 4 is 35.3 Å². The summed E-state index contributed by atoms with van der Waals surface area (Å²) in [5.41, 5.74) is 1.56. The van der Waals surface area contributed by atoms with Gasteiger partial charge in [0.1, 0.15) is 16.8 Å². The standard InChI is InChI=1S/C28H36N8O4/c1-7-29-24(37)19-15-31-25(35-23(19)34-22-10-8-9-21(33-22)28(5,6)39)32-18-13-17-16-36(12-11-20(17)30-14-18)26(38)40-27(2,3)4/h8-10,13-15,39H,7,11-12,16H2,1-6H3,(H,29,37)(H2,31,32,33,34,35)/p+1. The van der Waals surface area contributed by atoms with E-state index < -0.39 is 11.2 Å². The van der Waals surface area contributed by atoms with E-state index in [0.29, 0.717) is 54.6 Å². The lowest BCUT2D eigenvalue weighted by molar-refractivity contribution is -0.487. The molecule has 1 aliphatic heterocycles. The molecule has 0 radical (unpaired) electrons. The van der Waals surface area contributed by atoms with Gasteiger partial charge in [0.05, 0.1) is 30.3 Å². The lowest BCUT2D eigenvalue weighted by atomic mass is 10.1. The smallest absolute Gasteiger partial charge is 0.410 e. The average molecular weight is 550 g/mol. The molecule has 212 valence electrons. The van der Waals surface area contributed by atoms with E-state index in [2.05, 4.69) is 30.6 Å². The second-order valence-corrected chi connectivity index (χ2v) is 11.1. The monoisotopic (exact) mass is 549 g/mol. The number of hydrogen-bond acceptors (Lipinski definition) is 9. The van der Waals surface area contributed by atoms with Gasteiger partial charge in [0.2, 0.25) is 17.6 Å². The molecule has 40 heavy (non-hydrogen) atoms. The second kappa shape index (κ2) is 11.5. The van der Waals surface area contributed by atoms with Gasteiger partial charge in [-0.1, -0.05) is 6.07 Å². The predicted octanol–water partition coefficient (Wildman–Crippen LogP) is 2.81. The van der Waals surface area contributed by atoms with E-state index in [0.717, 1.165) is 11.3 Å². The van der Waals surface area contributed by atoms with Crippen molar-refractivity contribution in [3.8, 4) is 0 Å². The Morgan fingerprint density at radius 3 is 2.60 bits per heavy atom. The number of hydrogen-bond donors (Lipinski definition) is 4. The van der Waals surface area contributed by atoms with Crippen molar-refractivity contribution in [2.75, 3.05) is 18.4 Å². The number of nitrogens with zero attached hydrogens (tertiary/aromatic N) is 5. The molecule has 0 aliphatic carbocycles. The number of pyridine rings is 2. The van der Waals surface area contributed by atoms with Gasteiger partial charge in [-0.3, -0.25) is 9.78 Å². The van der Waals surface area contributed by atoms with Gasteiger partial charge in [-0.25, -0.2) is 15.1 Å². The van der Waals surface area contributed by atoms with E-state index in [1.165, 1.54) is 6.20 Å². The summed E-state index contributed by atoms with van der Waals surface area (Å²) in [4.78, 5) is 45.0. The number of nitrogens with one attached hydrogen (secondary N) is 2. The van der Waals surface area contributed by atoms with Crippen LogP contribution in [0.25, 0.3) is 0 Å². The summed E-state index contributed by atoms with van der Waals surface area (Å²) in [6, 6.07) is 7.22. The van der Waals surface area contributed by atoms with Gasteiger partial charge in [-0.05, 0) is 59.2 Å². The van der Waals surface area contributed by atoms with Crippen LogP contribution in [0, 0.1) is 0 Å². The highest BCUT2D eigenvalue weighted by Gasteiger charge is 2.27. The SMILES string of the molecule is CCNC(=O)c1cnc(Nc2cnc3c(c2)CN(C(=O)OC(C)(C)C)CC3)nc1[NH2+]c1cccc(C(C)(C)O)n1. The fraction of sp³-hybridized carbons (Fsp3) is 0.429. The first kappa shape index (κ1) is 28.8. The Labute approximate surface area is 233 Å². The van der Waals surface area contributed by atoms with Crippen molar-refractivity contribution < 1.29 is 24.7 Å². The number of fused-ring (bicyclic) bond motifs is 1. The van der Waals surface area contributed by atoms with Gasteiger partial charge in [-0.15, -0.1) is 0 Å². The maximum atomic E-state index is 12.7. The highest BCUT2D eigenvalue weighted by atomic mass is 16.6. The van der Waals surface area contributed by atoms with Gasteiger partial charge in [0.25, 0.3) is 5.91 Å². The molecule has 0 spiro atoms. The lowest BCUT2D eigenvalue weighted by Gasteiger charge is -2.31. The third kappa shape index (κ3) is 7.27. The zero-order valence-electron chi connectivity index (χ0n) is 23.8. The number of amides is 2. The van der Waals surface area contributed by atoms with Gasteiger partial charge < -0.3 is 25.4 Å². The molecule has 0 unspecified atom stereocenters. The first-order valence-electron chi connectivity index (χ1n) is 13.2. The van der Waals surface area contributed by atoms with Crippen molar-refractivity contribution in [2.45, 2.75) is 65.7 Å². The van der Waals surface area contributed by atoms with Crippen LogP contribution >= 0.6 is 0 Å². The summed E-state index contributed by atoms with van der Waals surface area (Å²) >= 11 is 0. The number of carbonyl (C=O) groups is 2. The Bertz CT molecular complexity index is 1400. The quantitative estimate of drug-likeness (QED) is 0.348. The fourth-order valence-electron chi connectivity index (χ4n) is 4.11. The number of aromatic nitrogens is 4. The minimum atomic E-state index is -1.12. The molecule has 12 heteroatoms. The van der Waals surface area contributed by atoms with Crippen LogP contribution in [-0.2, 0) is 23.3 Å². The van der Waals surface area contributed by atoms with Crippen LogP contribution in [0.3, 0.4) is 0 Å². The molecular weight excluding hydrogens is 512 g/mol. The molecule has 2 amide bonds. The Morgan fingerprint density at radius 2 is 1.90 bits per heavy atom. The van der Waals surface area contributed by atoms with Crippen LogP contribution in [-0.4, -0.2) is 60.6 Å². The molecule has 4 heterocycles. The highest BCUT2D eigenvalue weighted by molar-refractivity contribution is 5.97. The number of anilines is 2. The van der Waals surface area contributed by atoms with Crippen molar-refractivity contribution in [2.24, 2.45) is 0 Å². The van der Waals surface area contributed by atoms with E-state index >= 15 is 0 Å². The Balaban J connectivity index is 1.58. The molecule has 0 aromatic carbocycles. The number of nitrogens with two attached hydrogens (primary N) is 1. The molecule has 4 rings (SSSR count). The van der Waals surface area contributed by atoms with E-state index in [4.69, 9.17) is 4.74 Å². The summed E-state index contributed by atoms with van der Waals surface area (Å²) in [6.07, 6.45) is 3.42. The van der Waals surface area contributed by atoms with Gasteiger partial charge >= 0.3 is 6.09 Å². The number of rotatable bonds is 7. The fourth-order valence-corrected chi connectivity index (χ4v) is 4.11. The maximum Gasteiger partial charge on any atom is 0.410 e. The van der Waals surface area contributed by atoms with Crippen molar-refractivity contribution in [3.05, 3.63) is 59.2 Å². The molecule has 0 saturated heterocycles. The van der Waals surface area contributed by atoms with Gasteiger partial charge in [0, 0.05) is 31.3 Å². The van der Waals surface area contributed by atoms with Gasteiger partial charge in [0.15, 0.2) is 0 Å². The molecule has 12 nitrogen and oxygen atoms in total. The number of quaternary nitrogens is 1. The molecule has 0 fully saturated rings. The number of aliphatic hydroxyl groups is 1. The lowest BCUT2D eigenvalue weighted by Crippen LogP contribution is -2.73. The van der Waals surface area contributed by atoms with Crippen molar-refractivity contribution in [1.29, 1.82) is 0 Å². The molecule has 0 bridgehead atoms. The molecule has 0 atom stereocenters. The minimum absolute atomic E-state index is 0.263. The van der Waals surface area contributed by atoms with Crippen molar-refractivity contribution in [1.82, 2.24) is 30.2 Å². The van der Waals surface area contributed by atoms with Crippen LogP contribution < -0.4 is 16.0 Å². The number of carbonyl (C=O) groups excluding carboxylic acids is 2. The Hall–Kier alpha value is -4.16. The molecule has 3 aromatic heterocycles. The summed E-state index contributed by atoms with van der Waals surface area (Å²) in [5, 5.41) is 18.0. The Morgan fingerprint density at radius 1 is 1.12 bits per heavy atom. The van der Waals surface area contributed by atoms with Crippen LogP contribution in [0.2, 0.25) is 0 Å². The average Bonchev–Trinajstić information content (AvgIpc) is 2.87. The first-order chi connectivity index (χ1) is 18.8. The number of ether oxygens (including phenoxy) is 1. The molecule has 5 N–H and O–H groups in total. The zero-order valence-corrected chi connectivity index (χ0v) is 23.8. The van der Waals surface area contributed by atoms with Crippen LogP contribution in [0.15, 0.2) is 36.7 Å². The molecule has 3 aromatic rings. The third-order valence-corrected chi connectivity index (χ3v) is 6.03. The first-order valence-corrected chi connectivity index (χ1v) is 13.2. The van der Waals surface area contributed by atoms with Crippen molar-refractivity contribution in [3.63, 3.8) is 0 Å². The van der Waals surface area contributed by atoms with E-state index in [1.54, 1.807) is 48.5 Å². The van der Waals surface area contributed by atoms with Crippen LogP contribution in [0.5, 0.6) is 0 Å².